The molecule has 1 aromatic rings. The first-order valence-corrected chi connectivity index (χ1v) is 5.75. The highest BCUT2D eigenvalue weighted by molar-refractivity contribution is 9.10. The van der Waals surface area contributed by atoms with Crippen molar-refractivity contribution in [2.45, 2.75) is 19.8 Å². The molecule has 1 unspecified atom stereocenters. The summed E-state index contributed by atoms with van der Waals surface area (Å²) in [5.41, 5.74) is 0.0523. The molecule has 16 heavy (non-hydrogen) atoms. The van der Waals surface area contributed by atoms with Crippen LogP contribution in [0.5, 0.6) is 0 Å². The van der Waals surface area contributed by atoms with Crippen LogP contribution >= 0.6 is 15.9 Å². The molecule has 0 amide bonds. The van der Waals surface area contributed by atoms with Gasteiger partial charge in [0, 0.05) is 16.8 Å². The number of carbonyl (C=O) groups is 1. The molecule has 0 saturated carbocycles. The van der Waals surface area contributed by atoms with Gasteiger partial charge in [-0.25, -0.2) is 4.39 Å². The molecule has 1 rings (SSSR count). The van der Waals surface area contributed by atoms with Crippen molar-refractivity contribution in [1.29, 1.82) is 5.26 Å². The number of hydrogen-bond acceptors (Lipinski definition) is 2. The lowest BCUT2D eigenvalue weighted by Gasteiger charge is -2.10. The van der Waals surface area contributed by atoms with Gasteiger partial charge in [-0.05, 0) is 24.6 Å². The van der Waals surface area contributed by atoms with Crippen molar-refractivity contribution < 1.29 is 9.18 Å². The standard InChI is InChI=1S/C12H11BrFNO/c1-2-8(5-6-15)12(16)10-7-9(13)3-4-11(10)14/h3-4,7-8H,2,5H2,1H3. The lowest BCUT2D eigenvalue weighted by molar-refractivity contribution is 0.0914. The SMILES string of the molecule is CCC(CC#N)C(=O)c1cc(Br)ccc1F. The zero-order valence-electron chi connectivity index (χ0n) is 8.84. The molecule has 0 N–H and O–H groups in total. The summed E-state index contributed by atoms with van der Waals surface area (Å²) in [5.74, 6) is -1.26. The number of rotatable bonds is 4. The van der Waals surface area contributed by atoms with E-state index in [0.717, 1.165) is 0 Å². The highest BCUT2D eigenvalue weighted by atomic mass is 79.9. The molecule has 0 fully saturated rings. The zero-order valence-corrected chi connectivity index (χ0v) is 10.4. The van der Waals surface area contributed by atoms with Crippen LogP contribution in [0.4, 0.5) is 4.39 Å². The van der Waals surface area contributed by atoms with Crippen molar-refractivity contribution in [1.82, 2.24) is 0 Å². The van der Waals surface area contributed by atoms with E-state index in [4.69, 9.17) is 5.26 Å². The van der Waals surface area contributed by atoms with Crippen molar-refractivity contribution in [3.05, 3.63) is 34.1 Å². The third-order valence-corrected chi connectivity index (χ3v) is 2.89. The number of benzene rings is 1. The number of Topliss-reactive ketones (excluding diaryl/α,β-unsaturated/α-hetero) is 1. The van der Waals surface area contributed by atoms with Gasteiger partial charge in [-0.15, -0.1) is 0 Å². The topological polar surface area (TPSA) is 40.9 Å². The van der Waals surface area contributed by atoms with Crippen LogP contribution in [0.2, 0.25) is 0 Å². The largest absolute Gasteiger partial charge is 0.294 e. The number of ketones is 1. The fraction of sp³-hybridized carbons (Fsp3) is 0.333. The highest BCUT2D eigenvalue weighted by Crippen LogP contribution is 2.21. The average molecular weight is 284 g/mol. The van der Waals surface area contributed by atoms with Gasteiger partial charge >= 0.3 is 0 Å². The van der Waals surface area contributed by atoms with E-state index < -0.39 is 11.7 Å². The Hall–Kier alpha value is -1.21. The normalized spacial score (nSPS) is 11.9. The molecule has 0 aliphatic carbocycles. The molecule has 0 spiro atoms. The summed E-state index contributed by atoms with van der Waals surface area (Å²) < 4.78 is 14.1. The first kappa shape index (κ1) is 12.9. The van der Waals surface area contributed by atoms with Gasteiger partial charge < -0.3 is 0 Å². The van der Waals surface area contributed by atoms with Crippen molar-refractivity contribution in [2.24, 2.45) is 5.92 Å². The molecular formula is C12H11BrFNO. The second kappa shape index (κ2) is 5.76. The highest BCUT2D eigenvalue weighted by Gasteiger charge is 2.21. The van der Waals surface area contributed by atoms with Gasteiger partial charge in [0.15, 0.2) is 5.78 Å². The van der Waals surface area contributed by atoms with Crippen LogP contribution in [0.3, 0.4) is 0 Å². The van der Waals surface area contributed by atoms with Crippen LogP contribution in [0, 0.1) is 23.1 Å². The van der Waals surface area contributed by atoms with Gasteiger partial charge in [0.1, 0.15) is 5.82 Å². The summed E-state index contributed by atoms with van der Waals surface area (Å²) in [5, 5.41) is 8.58. The number of nitriles is 1. The van der Waals surface area contributed by atoms with Crippen LogP contribution in [0.1, 0.15) is 30.1 Å². The Morgan fingerprint density at radius 3 is 2.88 bits per heavy atom. The average Bonchev–Trinajstić information content (AvgIpc) is 2.28. The second-order valence-corrected chi connectivity index (χ2v) is 4.37. The Bertz CT molecular complexity index is 439. The summed E-state index contributed by atoms with van der Waals surface area (Å²) >= 11 is 3.19. The van der Waals surface area contributed by atoms with E-state index >= 15 is 0 Å². The number of nitrogens with zero attached hydrogens (tertiary/aromatic N) is 1. The van der Waals surface area contributed by atoms with Crippen molar-refractivity contribution in [2.75, 3.05) is 0 Å². The second-order valence-electron chi connectivity index (χ2n) is 3.46. The van der Waals surface area contributed by atoms with Gasteiger partial charge in [-0.1, -0.05) is 22.9 Å². The lowest BCUT2D eigenvalue weighted by Crippen LogP contribution is -2.15. The van der Waals surface area contributed by atoms with Crippen LogP contribution in [-0.2, 0) is 0 Å². The molecule has 0 saturated heterocycles. The van der Waals surface area contributed by atoms with Gasteiger partial charge in [0.25, 0.3) is 0 Å². The molecule has 0 heterocycles. The molecule has 0 bridgehead atoms. The maximum atomic E-state index is 13.4. The number of halogens is 2. The van der Waals surface area contributed by atoms with Crippen LogP contribution < -0.4 is 0 Å². The quantitative estimate of drug-likeness (QED) is 0.791. The molecular weight excluding hydrogens is 273 g/mol. The van der Waals surface area contributed by atoms with E-state index in [0.29, 0.717) is 10.9 Å². The fourth-order valence-electron chi connectivity index (χ4n) is 1.44. The van der Waals surface area contributed by atoms with E-state index in [1.54, 1.807) is 0 Å². The van der Waals surface area contributed by atoms with E-state index in [2.05, 4.69) is 15.9 Å². The maximum absolute atomic E-state index is 13.4. The zero-order chi connectivity index (χ0) is 12.1. The van der Waals surface area contributed by atoms with Gasteiger partial charge in [0.05, 0.1) is 11.6 Å². The first-order valence-electron chi connectivity index (χ1n) is 4.96. The van der Waals surface area contributed by atoms with E-state index in [-0.39, 0.29) is 17.8 Å². The van der Waals surface area contributed by atoms with E-state index in [9.17, 15) is 9.18 Å². The minimum Gasteiger partial charge on any atom is -0.294 e. The summed E-state index contributed by atoms with van der Waals surface area (Å²) in [4.78, 5) is 11.9. The van der Waals surface area contributed by atoms with E-state index in [1.165, 1.54) is 18.2 Å². The van der Waals surface area contributed by atoms with Gasteiger partial charge in [0.2, 0.25) is 0 Å². The summed E-state index contributed by atoms with van der Waals surface area (Å²) in [6.07, 6.45) is 0.666. The third-order valence-electron chi connectivity index (χ3n) is 2.40. The molecule has 1 aromatic carbocycles. The minimum absolute atomic E-state index is 0.0523. The smallest absolute Gasteiger partial charge is 0.169 e. The fourth-order valence-corrected chi connectivity index (χ4v) is 1.80. The Morgan fingerprint density at radius 1 is 1.62 bits per heavy atom. The Kier molecular flexibility index (Phi) is 4.63. The Morgan fingerprint density at radius 2 is 2.31 bits per heavy atom. The Labute approximate surface area is 102 Å². The van der Waals surface area contributed by atoms with Crippen LogP contribution in [0.15, 0.2) is 22.7 Å². The van der Waals surface area contributed by atoms with E-state index in [1.807, 2.05) is 13.0 Å². The molecule has 0 radical (unpaired) electrons. The molecule has 0 aliphatic heterocycles. The van der Waals surface area contributed by atoms with Crippen molar-refractivity contribution >= 4 is 21.7 Å². The minimum atomic E-state index is -0.537. The predicted molar refractivity (Wildman–Crippen MR) is 62.4 cm³/mol. The molecule has 0 aromatic heterocycles. The predicted octanol–water partition coefficient (Wildman–Crippen LogP) is 3.71. The van der Waals surface area contributed by atoms with Crippen molar-refractivity contribution in [3.8, 4) is 6.07 Å². The maximum Gasteiger partial charge on any atom is 0.169 e. The molecule has 1 atom stereocenters. The molecule has 0 aliphatic rings. The summed E-state index contributed by atoms with van der Waals surface area (Å²) in [6.45, 7) is 1.82. The van der Waals surface area contributed by atoms with Gasteiger partial charge in [-0.3, -0.25) is 4.79 Å². The Balaban J connectivity index is 3.03. The van der Waals surface area contributed by atoms with Crippen molar-refractivity contribution in [3.63, 3.8) is 0 Å². The number of hydrogen-bond donors (Lipinski definition) is 0. The lowest BCUT2D eigenvalue weighted by atomic mass is 9.92. The monoisotopic (exact) mass is 283 g/mol. The molecule has 84 valence electrons. The first-order chi connectivity index (χ1) is 7.60. The van der Waals surface area contributed by atoms with Crippen LogP contribution in [0.25, 0.3) is 0 Å². The number of carbonyl (C=O) groups excluding carboxylic acids is 1. The molecule has 4 heteroatoms. The third kappa shape index (κ3) is 2.89. The summed E-state index contributed by atoms with van der Waals surface area (Å²) in [6, 6.07) is 6.19. The van der Waals surface area contributed by atoms with Crippen LogP contribution in [-0.4, -0.2) is 5.78 Å². The van der Waals surface area contributed by atoms with Gasteiger partial charge in [-0.2, -0.15) is 5.26 Å². The molecule has 2 nitrogen and oxygen atoms in total. The summed E-state index contributed by atoms with van der Waals surface area (Å²) in [7, 11) is 0.